The second kappa shape index (κ2) is 10.4. The molecule has 4 rings (SSSR count). The number of carbonyl (C=O) groups excluding carboxylic acids is 1. The molecule has 2 N–H and O–H groups in total. The Hall–Kier alpha value is -3.20. The van der Waals surface area contributed by atoms with Crippen molar-refractivity contribution >= 4 is 17.6 Å². The quantitative estimate of drug-likeness (QED) is 0.374. The number of carbonyl (C=O) groups is 2. The Kier molecular flexibility index (Phi) is 7.49. The van der Waals surface area contributed by atoms with Crippen molar-refractivity contribution in [2.75, 3.05) is 18.5 Å². The Morgan fingerprint density at radius 1 is 1.03 bits per heavy atom. The van der Waals surface area contributed by atoms with Gasteiger partial charge in [-0.2, -0.15) is 13.2 Å². The summed E-state index contributed by atoms with van der Waals surface area (Å²) in [5.74, 6) is -5.18. The van der Waals surface area contributed by atoms with Crippen molar-refractivity contribution in [2.24, 2.45) is 17.8 Å². The van der Waals surface area contributed by atoms with Gasteiger partial charge in [-0.1, -0.05) is 36.8 Å². The fourth-order valence-electron chi connectivity index (χ4n) is 5.36. The Morgan fingerprint density at radius 2 is 1.69 bits per heavy atom. The highest BCUT2D eigenvalue weighted by Gasteiger charge is 2.43. The van der Waals surface area contributed by atoms with E-state index in [-0.39, 0.29) is 18.3 Å². The SMILES string of the molecule is C=CC1COC[C@@H]1c1ccc([C@H]2CCC[C@@H](C(=O)Nc3ccc(C(F)(F)F)cc3F)[C@@H]2C(=O)O)cc1. The van der Waals surface area contributed by atoms with Crippen LogP contribution >= 0.6 is 0 Å². The zero-order valence-electron chi connectivity index (χ0n) is 19.4. The van der Waals surface area contributed by atoms with Crippen molar-refractivity contribution in [3.8, 4) is 0 Å². The van der Waals surface area contributed by atoms with E-state index in [1.54, 1.807) is 0 Å². The van der Waals surface area contributed by atoms with Gasteiger partial charge in [-0.3, -0.25) is 9.59 Å². The van der Waals surface area contributed by atoms with Gasteiger partial charge in [0.1, 0.15) is 5.82 Å². The minimum atomic E-state index is -4.72. The van der Waals surface area contributed by atoms with E-state index in [0.29, 0.717) is 38.2 Å². The lowest BCUT2D eigenvalue weighted by atomic mass is 9.68. The summed E-state index contributed by atoms with van der Waals surface area (Å²) in [5, 5.41) is 12.3. The normalized spacial score (nSPS) is 26.4. The van der Waals surface area contributed by atoms with Crippen LogP contribution in [0.15, 0.2) is 55.1 Å². The van der Waals surface area contributed by atoms with E-state index in [0.717, 1.165) is 17.2 Å². The van der Waals surface area contributed by atoms with Crippen molar-refractivity contribution < 1.29 is 37.0 Å². The average molecular weight is 506 g/mol. The number of anilines is 1. The van der Waals surface area contributed by atoms with Crippen molar-refractivity contribution in [1.29, 1.82) is 0 Å². The smallest absolute Gasteiger partial charge is 0.416 e. The van der Waals surface area contributed by atoms with Gasteiger partial charge in [-0.25, -0.2) is 4.39 Å². The summed E-state index contributed by atoms with van der Waals surface area (Å²) < 4.78 is 58.3. The number of ether oxygens (including phenoxy) is 1. The molecule has 2 fully saturated rings. The first-order valence-corrected chi connectivity index (χ1v) is 11.8. The van der Waals surface area contributed by atoms with Gasteiger partial charge in [0.15, 0.2) is 0 Å². The molecule has 0 radical (unpaired) electrons. The van der Waals surface area contributed by atoms with E-state index in [1.165, 1.54) is 0 Å². The fourth-order valence-corrected chi connectivity index (χ4v) is 5.36. The van der Waals surface area contributed by atoms with E-state index in [2.05, 4.69) is 11.9 Å². The lowest BCUT2D eigenvalue weighted by Gasteiger charge is -2.35. The molecule has 36 heavy (non-hydrogen) atoms. The molecule has 5 nitrogen and oxygen atoms in total. The van der Waals surface area contributed by atoms with Gasteiger partial charge >= 0.3 is 12.1 Å². The predicted octanol–water partition coefficient (Wildman–Crippen LogP) is 5.98. The van der Waals surface area contributed by atoms with Gasteiger partial charge < -0.3 is 15.2 Å². The summed E-state index contributed by atoms with van der Waals surface area (Å²) in [7, 11) is 0. The van der Waals surface area contributed by atoms with Crippen LogP contribution in [0.25, 0.3) is 0 Å². The molecule has 5 atom stereocenters. The van der Waals surface area contributed by atoms with Crippen LogP contribution in [-0.2, 0) is 20.5 Å². The van der Waals surface area contributed by atoms with Crippen LogP contribution in [0.2, 0.25) is 0 Å². The molecule has 1 unspecified atom stereocenters. The molecule has 1 saturated carbocycles. The van der Waals surface area contributed by atoms with Gasteiger partial charge in [0.2, 0.25) is 5.91 Å². The van der Waals surface area contributed by atoms with Gasteiger partial charge in [0.25, 0.3) is 0 Å². The predicted molar refractivity (Wildman–Crippen MR) is 125 cm³/mol. The van der Waals surface area contributed by atoms with Crippen molar-refractivity contribution in [3.05, 3.63) is 77.6 Å². The second-order valence-corrected chi connectivity index (χ2v) is 9.40. The zero-order valence-corrected chi connectivity index (χ0v) is 19.4. The van der Waals surface area contributed by atoms with Gasteiger partial charge in [0.05, 0.1) is 36.3 Å². The highest BCUT2D eigenvalue weighted by atomic mass is 19.4. The van der Waals surface area contributed by atoms with Crippen LogP contribution in [-0.4, -0.2) is 30.2 Å². The maximum atomic E-state index is 14.3. The molecular weight excluding hydrogens is 478 g/mol. The molecule has 1 heterocycles. The molecular formula is C27H27F4NO4. The fraction of sp³-hybridized carbons (Fsp3) is 0.407. The summed E-state index contributed by atoms with van der Waals surface area (Å²) >= 11 is 0. The average Bonchev–Trinajstić information content (AvgIpc) is 3.33. The molecule has 0 bridgehead atoms. The standard InChI is InChI=1S/C27H27F4NO4/c1-2-15-13-36-14-21(15)17-8-6-16(7-9-17)19-4-3-5-20(24(19)26(34)35)25(33)32-23-11-10-18(12-22(23)28)27(29,30)31/h2,6-12,15,19-21,24H,1,3-5,13-14H2,(H,32,33)(H,34,35)/t15?,19-,20-,21+,24-/m1/s1. The van der Waals surface area contributed by atoms with Crippen molar-refractivity contribution in [3.63, 3.8) is 0 Å². The Morgan fingerprint density at radius 3 is 2.28 bits per heavy atom. The number of halogens is 4. The first-order chi connectivity index (χ1) is 17.1. The van der Waals surface area contributed by atoms with Gasteiger partial charge in [-0.05, 0) is 48.1 Å². The molecule has 2 aliphatic rings. The molecule has 0 aromatic heterocycles. The number of aliphatic carboxylic acids is 1. The molecule has 9 heteroatoms. The number of nitrogens with one attached hydrogen (secondary N) is 1. The van der Waals surface area contributed by atoms with Crippen LogP contribution in [0.3, 0.4) is 0 Å². The lowest BCUT2D eigenvalue weighted by Crippen LogP contribution is -2.40. The number of amides is 1. The lowest BCUT2D eigenvalue weighted by molar-refractivity contribution is -0.148. The first-order valence-electron chi connectivity index (χ1n) is 11.8. The van der Waals surface area contributed by atoms with Crippen LogP contribution in [0.1, 0.15) is 47.8 Å². The van der Waals surface area contributed by atoms with Crippen LogP contribution in [0.4, 0.5) is 23.2 Å². The summed E-state index contributed by atoms with van der Waals surface area (Å²) in [6.45, 7) is 5.05. The molecule has 2 aromatic carbocycles. The number of alkyl halides is 3. The Labute approximate surface area is 206 Å². The number of hydrogen-bond donors (Lipinski definition) is 2. The highest BCUT2D eigenvalue weighted by Crippen LogP contribution is 2.43. The number of hydrogen-bond acceptors (Lipinski definition) is 3. The summed E-state index contributed by atoms with van der Waals surface area (Å²) in [5.41, 5.74) is 0.264. The van der Waals surface area contributed by atoms with Gasteiger partial charge in [-0.15, -0.1) is 6.58 Å². The number of carboxylic acid groups (broad SMARTS) is 1. The van der Waals surface area contributed by atoms with Crippen molar-refractivity contribution in [2.45, 2.75) is 37.3 Å². The Balaban J connectivity index is 1.53. The second-order valence-electron chi connectivity index (χ2n) is 9.40. The van der Waals surface area contributed by atoms with Crippen LogP contribution in [0.5, 0.6) is 0 Å². The molecule has 1 aliphatic heterocycles. The van der Waals surface area contributed by atoms with E-state index in [9.17, 15) is 32.3 Å². The number of carboxylic acids is 1. The molecule has 1 aliphatic carbocycles. The van der Waals surface area contributed by atoms with Gasteiger partial charge in [0, 0.05) is 11.8 Å². The van der Waals surface area contributed by atoms with E-state index in [1.807, 2.05) is 30.3 Å². The third kappa shape index (κ3) is 5.31. The molecule has 1 saturated heterocycles. The minimum absolute atomic E-state index is 0.176. The largest absolute Gasteiger partial charge is 0.481 e. The van der Waals surface area contributed by atoms with Crippen LogP contribution in [0, 0.1) is 23.6 Å². The number of benzene rings is 2. The molecule has 2 aromatic rings. The van der Waals surface area contributed by atoms with E-state index < -0.39 is 52.9 Å². The van der Waals surface area contributed by atoms with Crippen LogP contribution < -0.4 is 5.32 Å². The number of rotatable bonds is 6. The van der Waals surface area contributed by atoms with E-state index >= 15 is 0 Å². The topological polar surface area (TPSA) is 75.6 Å². The molecule has 0 spiro atoms. The first kappa shape index (κ1) is 25.9. The maximum absolute atomic E-state index is 14.3. The molecule has 1 amide bonds. The highest BCUT2D eigenvalue weighted by molar-refractivity contribution is 5.95. The summed E-state index contributed by atoms with van der Waals surface area (Å²) in [4.78, 5) is 25.3. The molecule has 192 valence electrons. The third-order valence-corrected chi connectivity index (χ3v) is 7.29. The van der Waals surface area contributed by atoms with Crippen molar-refractivity contribution in [1.82, 2.24) is 0 Å². The Bertz CT molecular complexity index is 1130. The monoisotopic (exact) mass is 505 g/mol. The third-order valence-electron chi connectivity index (χ3n) is 7.29. The van der Waals surface area contributed by atoms with E-state index in [4.69, 9.17) is 4.74 Å². The maximum Gasteiger partial charge on any atom is 0.416 e. The minimum Gasteiger partial charge on any atom is -0.481 e. The summed E-state index contributed by atoms with van der Waals surface area (Å²) in [6, 6.07) is 9.48. The zero-order chi connectivity index (χ0) is 26.0. The summed E-state index contributed by atoms with van der Waals surface area (Å²) in [6.07, 6.45) is -1.42.